The SMILES string of the molecule is CC(=O)N[C@H]1[C@@H](O[C@H](C)[C@H](N)C(=O)O)O[C@H](CO[C@@H]2O[C@H](CO)[C@@H](O)[C@H](O)[C@H]2NC(C)=O)[C@H](O)[C@@H]1O. The van der Waals surface area contributed by atoms with Crippen molar-refractivity contribution in [2.45, 2.75) is 94.2 Å². The maximum absolute atomic E-state index is 11.6. The van der Waals surface area contributed by atoms with Crippen molar-refractivity contribution < 1.29 is 64.0 Å². The Labute approximate surface area is 206 Å². The molecule has 16 nitrogen and oxygen atoms in total. The molecule has 2 saturated heterocycles. The Bertz CT molecular complexity index is 773. The van der Waals surface area contributed by atoms with E-state index in [-0.39, 0.29) is 0 Å². The van der Waals surface area contributed by atoms with Crippen LogP contribution in [0.2, 0.25) is 0 Å². The molecule has 0 aromatic rings. The highest BCUT2D eigenvalue weighted by molar-refractivity contribution is 5.74. The molecule has 0 aromatic carbocycles. The molecule has 2 fully saturated rings. The Morgan fingerprint density at radius 1 is 0.889 bits per heavy atom. The van der Waals surface area contributed by atoms with Gasteiger partial charge in [0.25, 0.3) is 0 Å². The van der Waals surface area contributed by atoms with Gasteiger partial charge >= 0.3 is 5.97 Å². The number of nitrogens with two attached hydrogens (primary N) is 1. The average molecular weight is 526 g/mol. The Balaban J connectivity index is 2.19. The van der Waals surface area contributed by atoms with Gasteiger partial charge in [-0.2, -0.15) is 0 Å². The molecule has 0 unspecified atom stereocenters. The van der Waals surface area contributed by atoms with Gasteiger partial charge in [0.1, 0.15) is 54.7 Å². The van der Waals surface area contributed by atoms with Crippen molar-refractivity contribution in [3.63, 3.8) is 0 Å². The van der Waals surface area contributed by atoms with Crippen LogP contribution < -0.4 is 16.4 Å². The minimum absolute atomic E-state index is 0.522. The lowest BCUT2D eigenvalue weighted by molar-refractivity contribution is -0.308. The first kappa shape index (κ1) is 30.2. The van der Waals surface area contributed by atoms with Crippen molar-refractivity contribution >= 4 is 17.8 Å². The molecule has 2 aliphatic heterocycles. The number of hydrogen-bond donors (Lipinski definition) is 9. The van der Waals surface area contributed by atoms with Crippen LogP contribution in [-0.2, 0) is 33.3 Å². The summed E-state index contributed by atoms with van der Waals surface area (Å²) < 4.78 is 22.2. The van der Waals surface area contributed by atoms with Crippen LogP contribution in [0.5, 0.6) is 0 Å². The van der Waals surface area contributed by atoms with Gasteiger partial charge in [0, 0.05) is 13.8 Å². The van der Waals surface area contributed by atoms with Crippen LogP contribution in [0.1, 0.15) is 20.8 Å². The standard InChI is InChI=1S/C20H35N3O13/c1-6(11(21)18(31)32)34-20-13(23-8(3)26)17(30)15(28)10(36-20)5-33-19-12(22-7(2)25)16(29)14(27)9(4-24)35-19/h6,9-17,19-20,24,27-30H,4-5,21H2,1-3H3,(H,22,25)(H,23,26)(H,31,32)/t6-,9-,10-,11+,12-,13-,14-,15+,16-,17-,19-,20+/m1/s1. The Morgan fingerprint density at radius 3 is 1.83 bits per heavy atom. The van der Waals surface area contributed by atoms with E-state index in [1.807, 2.05) is 0 Å². The number of carboxylic acid groups (broad SMARTS) is 1. The van der Waals surface area contributed by atoms with Crippen LogP contribution in [0.4, 0.5) is 0 Å². The van der Waals surface area contributed by atoms with E-state index in [1.165, 1.54) is 6.92 Å². The van der Waals surface area contributed by atoms with Crippen LogP contribution in [-0.4, -0.2) is 135 Å². The first-order valence-corrected chi connectivity index (χ1v) is 11.2. The number of aliphatic hydroxyl groups excluding tert-OH is 5. The van der Waals surface area contributed by atoms with Crippen molar-refractivity contribution in [2.24, 2.45) is 5.73 Å². The molecule has 208 valence electrons. The molecule has 2 rings (SSSR count). The Kier molecular flexibility index (Phi) is 10.9. The molecule has 2 amide bonds. The van der Waals surface area contributed by atoms with E-state index in [0.717, 1.165) is 13.8 Å². The van der Waals surface area contributed by atoms with E-state index in [9.17, 15) is 39.9 Å². The summed E-state index contributed by atoms with van der Waals surface area (Å²) in [5.41, 5.74) is 5.56. The van der Waals surface area contributed by atoms with Crippen LogP contribution in [0, 0.1) is 0 Å². The summed E-state index contributed by atoms with van der Waals surface area (Å²) in [4.78, 5) is 34.4. The minimum atomic E-state index is -1.65. The van der Waals surface area contributed by atoms with Gasteiger partial charge in [0.05, 0.1) is 19.3 Å². The van der Waals surface area contributed by atoms with Gasteiger partial charge < -0.3 is 66.0 Å². The molecule has 2 heterocycles. The highest BCUT2D eigenvalue weighted by Crippen LogP contribution is 2.27. The number of rotatable bonds is 10. The molecule has 2 aliphatic rings. The van der Waals surface area contributed by atoms with Gasteiger partial charge in [-0.25, -0.2) is 0 Å². The lowest BCUT2D eigenvalue weighted by Crippen LogP contribution is -2.67. The smallest absolute Gasteiger partial charge is 0.323 e. The van der Waals surface area contributed by atoms with E-state index >= 15 is 0 Å². The fraction of sp³-hybridized carbons (Fsp3) is 0.850. The van der Waals surface area contributed by atoms with E-state index < -0.39 is 104 Å². The number of carbonyl (C=O) groups is 3. The largest absolute Gasteiger partial charge is 0.480 e. The zero-order chi connectivity index (χ0) is 27.3. The molecule has 0 bridgehead atoms. The topological polar surface area (TPSA) is 260 Å². The molecule has 0 aliphatic carbocycles. The van der Waals surface area contributed by atoms with E-state index in [4.69, 9.17) is 29.8 Å². The van der Waals surface area contributed by atoms with Crippen LogP contribution in [0.3, 0.4) is 0 Å². The van der Waals surface area contributed by atoms with Gasteiger partial charge in [0.2, 0.25) is 11.8 Å². The summed E-state index contributed by atoms with van der Waals surface area (Å²) in [6.07, 6.45) is -13.0. The van der Waals surface area contributed by atoms with E-state index in [2.05, 4.69) is 10.6 Å². The number of aliphatic carboxylic acids is 1. The first-order valence-electron chi connectivity index (χ1n) is 11.2. The van der Waals surface area contributed by atoms with Crippen LogP contribution >= 0.6 is 0 Å². The van der Waals surface area contributed by atoms with Crippen molar-refractivity contribution in [3.05, 3.63) is 0 Å². The molecule has 0 aromatic heterocycles. The number of carboxylic acids is 1. The minimum Gasteiger partial charge on any atom is -0.480 e. The molecule has 0 radical (unpaired) electrons. The van der Waals surface area contributed by atoms with Crippen molar-refractivity contribution in [3.8, 4) is 0 Å². The molecule has 12 atom stereocenters. The molecule has 0 spiro atoms. The first-order chi connectivity index (χ1) is 16.8. The Hall–Kier alpha value is -1.99. The zero-order valence-corrected chi connectivity index (χ0v) is 20.0. The number of hydrogen-bond acceptors (Lipinski definition) is 13. The highest BCUT2D eigenvalue weighted by atomic mass is 16.7. The molecular formula is C20H35N3O13. The number of nitrogens with one attached hydrogen (secondary N) is 2. The third-order valence-electron chi connectivity index (χ3n) is 5.89. The summed E-state index contributed by atoms with van der Waals surface area (Å²) in [5.74, 6) is -2.54. The zero-order valence-electron chi connectivity index (χ0n) is 20.0. The van der Waals surface area contributed by atoms with Crippen molar-refractivity contribution in [1.29, 1.82) is 0 Å². The molecule has 36 heavy (non-hydrogen) atoms. The molecular weight excluding hydrogens is 490 g/mol. The van der Waals surface area contributed by atoms with Gasteiger partial charge in [-0.05, 0) is 6.92 Å². The summed E-state index contributed by atoms with van der Waals surface area (Å²) in [5, 5.41) is 65.0. The van der Waals surface area contributed by atoms with E-state index in [0.29, 0.717) is 0 Å². The maximum Gasteiger partial charge on any atom is 0.323 e. The van der Waals surface area contributed by atoms with E-state index in [1.54, 1.807) is 0 Å². The lowest BCUT2D eigenvalue weighted by atomic mass is 9.96. The fourth-order valence-corrected chi connectivity index (χ4v) is 3.87. The number of aliphatic hydroxyl groups is 5. The number of amides is 2. The highest BCUT2D eigenvalue weighted by Gasteiger charge is 2.49. The molecule has 10 N–H and O–H groups in total. The van der Waals surface area contributed by atoms with Gasteiger partial charge in [0.15, 0.2) is 12.6 Å². The third kappa shape index (κ3) is 7.28. The summed E-state index contributed by atoms with van der Waals surface area (Å²) >= 11 is 0. The second kappa shape index (κ2) is 13.0. The van der Waals surface area contributed by atoms with Gasteiger partial charge in [-0.1, -0.05) is 0 Å². The monoisotopic (exact) mass is 525 g/mol. The predicted octanol–water partition coefficient (Wildman–Crippen LogP) is -5.28. The average Bonchev–Trinajstić information content (AvgIpc) is 2.80. The second-order valence-electron chi connectivity index (χ2n) is 8.72. The quantitative estimate of drug-likeness (QED) is 0.129. The summed E-state index contributed by atoms with van der Waals surface area (Å²) in [6.45, 7) is 2.45. The summed E-state index contributed by atoms with van der Waals surface area (Å²) in [6, 6.07) is -4.03. The normalized spacial score (nSPS) is 38.6. The number of carbonyl (C=O) groups excluding carboxylic acids is 2. The second-order valence-corrected chi connectivity index (χ2v) is 8.72. The third-order valence-corrected chi connectivity index (χ3v) is 5.89. The van der Waals surface area contributed by atoms with Crippen molar-refractivity contribution in [2.75, 3.05) is 13.2 Å². The van der Waals surface area contributed by atoms with Gasteiger partial charge in [-0.3, -0.25) is 14.4 Å². The van der Waals surface area contributed by atoms with Crippen LogP contribution in [0.15, 0.2) is 0 Å². The predicted molar refractivity (Wildman–Crippen MR) is 116 cm³/mol. The Morgan fingerprint density at radius 2 is 1.36 bits per heavy atom. The van der Waals surface area contributed by atoms with Crippen LogP contribution in [0.25, 0.3) is 0 Å². The fourth-order valence-electron chi connectivity index (χ4n) is 3.87. The molecule has 0 saturated carbocycles. The number of ether oxygens (including phenoxy) is 4. The van der Waals surface area contributed by atoms with Crippen molar-refractivity contribution in [1.82, 2.24) is 10.6 Å². The maximum atomic E-state index is 11.6. The van der Waals surface area contributed by atoms with Gasteiger partial charge in [-0.15, -0.1) is 0 Å². The summed E-state index contributed by atoms with van der Waals surface area (Å²) in [7, 11) is 0. The lowest BCUT2D eigenvalue weighted by Gasteiger charge is -2.45. The molecule has 16 heteroatoms.